The van der Waals surface area contributed by atoms with Gasteiger partial charge < -0.3 is 18.8 Å². The van der Waals surface area contributed by atoms with Gasteiger partial charge in [-0.25, -0.2) is 0 Å². The van der Waals surface area contributed by atoms with Gasteiger partial charge in [-0.05, 0) is 21.5 Å². The second-order valence-corrected chi connectivity index (χ2v) is 6.02. The minimum absolute atomic E-state index is 0.276. The van der Waals surface area contributed by atoms with Crippen molar-refractivity contribution in [2.45, 2.75) is 6.54 Å². The number of anilines is 1. The molecule has 1 N–H and O–H groups in total. The molecule has 0 radical (unpaired) electrons. The van der Waals surface area contributed by atoms with E-state index in [0.717, 1.165) is 11.1 Å². The van der Waals surface area contributed by atoms with Crippen LogP contribution in [0.1, 0.15) is 16.1 Å². The van der Waals surface area contributed by atoms with Gasteiger partial charge in [0.05, 0.1) is 5.52 Å². The summed E-state index contributed by atoms with van der Waals surface area (Å²) in [6.45, 7) is 0.553. The Bertz CT molecular complexity index is 987. The van der Waals surface area contributed by atoms with Crippen LogP contribution in [0.4, 0.5) is 5.82 Å². The highest BCUT2D eigenvalue weighted by molar-refractivity contribution is 9.10. The molecular weight excluding hydrogens is 374 g/mol. The van der Waals surface area contributed by atoms with E-state index in [1.165, 1.54) is 6.26 Å². The fraction of sp³-hybridized carbons (Fsp3) is 0.0588. The molecule has 0 atom stereocenters. The molecule has 0 fully saturated rings. The van der Waals surface area contributed by atoms with E-state index in [0.29, 0.717) is 28.3 Å². The molecule has 0 aliphatic rings. The van der Waals surface area contributed by atoms with Crippen LogP contribution in [0.15, 0.2) is 68.4 Å². The second-order valence-electron chi connectivity index (χ2n) is 5.24. The van der Waals surface area contributed by atoms with Crippen LogP contribution in [0.3, 0.4) is 0 Å². The molecule has 1 aromatic carbocycles. The summed E-state index contributed by atoms with van der Waals surface area (Å²) in [7, 11) is 0. The lowest BCUT2D eigenvalue weighted by molar-refractivity contribution is 0.101. The third-order valence-electron chi connectivity index (χ3n) is 3.66. The van der Waals surface area contributed by atoms with Gasteiger partial charge in [-0.3, -0.25) is 4.79 Å². The summed E-state index contributed by atoms with van der Waals surface area (Å²) >= 11 is 3.33. The topological polar surface area (TPSA) is 73.2 Å². The zero-order chi connectivity index (χ0) is 16.5. The zero-order valence-electron chi connectivity index (χ0n) is 12.4. The highest BCUT2D eigenvalue weighted by Crippen LogP contribution is 2.28. The number of fused-ring (bicyclic) bond motifs is 1. The average Bonchev–Trinajstić information content (AvgIpc) is 3.27. The fourth-order valence-electron chi connectivity index (χ4n) is 2.59. The molecule has 0 spiro atoms. The van der Waals surface area contributed by atoms with Crippen LogP contribution in [-0.4, -0.2) is 15.6 Å². The number of hydrogen-bond donors (Lipinski definition) is 1. The molecule has 4 rings (SSSR count). The lowest BCUT2D eigenvalue weighted by Crippen LogP contribution is -2.17. The van der Waals surface area contributed by atoms with Crippen LogP contribution in [0.25, 0.3) is 11.1 Å². The van der Waals surface area contributed by atoms with Gasteiger partial charge in [-0.15, -0.1) is 0 Å². The van der Waals surface area contributed by atoms with Crippen molar-refractivity contribution in [3.05, 3.63) is 70.7 Å². The number of amides is 1. The minimum Gasteiger partial charge on any atom is -0.448 e. The highest BCUT2D eigenvalue weighted by Gasteiger charge is 2.19. The van der Waals surface area contributed by atoms with Crippen LogP contribution in [0.5, 0.6) is 0 Å². The Morgan fingerprint density at radius 1 is 1.21 bits per heavy atom. The van der Waals surface area contributed by atoms with E-state index in [1.54, 1.807) is 12.1 Å². The maximum atomic E-state index is 12.6. The van der Waals surface area contributed by atoms with Gasteiger partial charge in [-0.2, -0.15) is 0 Å². The molecule has 1 amide bonds. The van der Waals surface area contributed by atoms with Crippen molar-refractivity contribution in [3.63, 3.8) is 0 Å². The lowest BCUT2D eigenvalue weighted by atomic mass is 10.2. The quantitative estimate of drug-likeness (QED) is 0.568. The zero-order valence-corrected chi connectivity index (χ0v) is 14.0. The number of nitrogens with one attached hydrogen (secondary N) is 1. The summed E-state index contributed by atoms with van der Waals surface area (Å²) in [5.41, 5.74) is 3.06. The summed E-state index contributed by atoms with van der Waals surface area (Å²) in [5, 5.41) is 6.42. The summed E-state index contributed by atoms with van der Waals surface area (Å²) in [6.07, 6.45) is 1.40. The van der Waals surface area contributed by atoms with Crippen molar-refractivity contribution >= 4 is 38.8 Å². The van der Waals surface area contributed by atoms with Crippen LogP contribution < -0.4 is 5.32 Å². The van der Waals surface area contributed by atoms with Crippen LogP contribution in [0.2, 0.25) is 0 Å². The molecule has 4 aromatic rings. The van der Waals surface area contributed by atoms with Crippen molar-refractivity contribution in [3.8, 4) is 0 Å². The van der Waals surface area contributed by atoms with E-state index in [9.17, 15) is 4.79 Å². The van der Waals surface area contributed by atoms with Crippen LogP contribution >= 0.6 is 15.9 Å². The molecule has 0 saturated carbocycles. The Morgan fingerprint density at radius 2 is 2.04 bits per heavy atom. The van der Waals surface area contributed by atoms with E-state index in [4.69, 9.17) is 8.94 Å². The molecule has 6 nitrogen and oxygen atoms in total. The number of aromatic nitrogens is 2. The number of carbonyl (C=O) groups excluding carboxylic acids is 1. The first-order chi connectivity index (χ1) is 11.7. The third-order valence-corrected chi connectivity index (χ3v) is 4.05. The standard InChI is InChI=1S/C17H12BrN3O3/c18-15-9-12-14(24-15)8-13(17(22)19-16-6-7-23-20-16)21(12)10-11-4-2-1-3-5-11/h1-9H,10H2,(H,19,20,22). The van der Waals surface area contributed by atoms with Gasteiger partial charge in [0.15, 0.2) is 16.1 Å². The lowest BCUT2D eigenvalue weighted by Gasteiger charge is -2.09. The van der Waals surface area contributed by atoms with Crippen molar-refractivity contribution in [1.29, 1.82) is 0 Å². The Morgan fingerprint density at radius 3 is 2.79 bits per heavy atom. The van der Waals surface area contributed by atoms with Crippen molar-refractivity contribution in [2.75, 3.05) is 5.32 Å². The molecule has 0 bridgehead atoms. The first kappa shape index (κ1) is 14.8. The smallest absolute Gasteiger partial charge is 0.273 e. The van der Waals surface area contributed by atoms with E-state index < -0.39 is 0 Å². The minimum atomic E-state index is -0.276. The molecule has 3 aromatic heterocycles. The maximum Gasteiger partial charge on any atom is 0.273 e. The molecular formula is C17H12BrN3O3. The number of furan rings is 1. The van der Waals surface area contributed by atoms with Gasteiger partial charge in [0.2, 0.25) is 0 Å². The van der Waals surface area contributed by atoms with E-state index in [2.05, 4.69) is 26.4 Å². The van der Waals surface area contributed by atoms with Crippen LogP contribution in [0, 0.1) is 0 Å². The van der Waals surface area contributed by atoms with E-state index in [1.807, 2.05) is 41.0 Å². The Kier molecular flexibility index (Phi) is 3.70. The van der Waals surface area contributed by atoms with Gasteiger partial charge in [0.1, 0.15) is 12.0 Å². The van der Waals surface area contributed by atoms with Gasteiger partial charge in [-0.1, -0.05) is 35.5 Å². The summed E-state index contributed by atoms with van der Waals surface area (Å²) in [6, 6.07) is 15.1. The molecule has 120 valence electrons. The first-order valence-corrected chi connectivity index (χ1v) is 8.04. The largest absolute Gasteiger partial charge is 0.448 e. The molecule has 0 aliphatic heterocycles. The normalized spacial score (nSPS) is 11.0. The maximum absolute atomic E-state index is 12.6. The van der Waals surface area contributed by atoms with Gasteiger partial charge in [0, 0.05) is 24.7 Å². The molecule has 7 heteroatoms. The number of benzene rings is 1. The van der Waals surface area contributed by atoms with Crippen LogP contribution in [-0.2, 0) is 6.54 Å². The summed E-state index contributed by atoms with van der Waals surface area (Å²) in [5.74, 6) is 0.0904. The van der Waals surface area contributed by atoms with Crippen molar-refractivity contribution < 1.29 is 13.7 Å². The Labute approximate surface area is 145 Å². The number of rotatable bonds is 4. The van der Waals surface area contributed by atoms with Gasteiger partial charge >= 0.3 is 0 Å². The number of carbonyl (C=O) groups is 1. The summed E-state index contributed by atoms with van der Waals surface area (Å²) in [4.78, 5) is 12.6. The Hall–Kier alpha value is -2.80. The molecule has 0 saturated heterocycles. The monoisotopic (exact) mass is 385 g/mol. The molecule has 0 aliphatic carbocycles. The molecule has 3 heterocycles. The number of nitrogens with zero attached hydrogens (tertiary/aromatic N) is 2. The second kappa shape index (κ2) is 6.01. The van der Waals surface area contributed by atoms with E-state index in [-0.39, 0.29) is 5.91 Å². The fourth-order valence-corrected chi connectivity index (χ4v) is 2.98. The van der Waals surface area contributed by atoms with E-state index >= 15 is 0 Å². The predicted octanol–water partition coefficient (Wildman–Crippen LogP) is 4.29. The van der Waals surface area contributed by atoms with Crippen molar-refractivity contribution in [2.24, 2.45) is 0 Å². The summed E-state index contributed by atoms with van der Waals surface area (Å²) < 4.78 is 12.9. The third kappa shape index (κ3) is 2.74. The highest BCUT2D eigenvalue weighted by atomic mass is 79.9. The van der Waals surface area contributed by atoms with Crippen molar-refractivity contribution in [1.82, 2.24) is 9.72 Å². The Balaban J connectivity index is 1.75. The molecule has 0 unspecified atom stereocenters. The van der Waals surface area contributed by atoms with Gasteiger partial charge in [0.25, 0.3) is 5.91 Å². The predicted molar refractivity (Wildman–Crippen MR) is 91.9 cm³/mol. The average molecular weight is 386 g/mol. The SMILES string of the molecule is O=C(Nc1ccon1)c1cc2oc(Br)cc2n1Cc1ccccc1. The first-order valence-electron chi connectivity index (χ1n) is 7.25. The number of halogens is 1. The molecule has 24 heavy (non-hydrogen) atoms. The number of hydrogen-bond acceptors (Lipinski definition) is 4.